The van der Waals surface area contributed by atoms with Gasteiger partial charge in [0.15, 0.2) is 19.0 Å². The molecular formula is C30H36N2O7. The standard InChI is InChI=1S/C30H36N2O7/c1-4-37-30(36)23-7-5-13-31(17-23)28(34)8-6-14-32-25-16-22(10-12-27(25)39-19-29(32)35)26(33)18-38-24-11-9-20(2)21(3)15-24/h9-12,15-16,23H,4-8,13-14,17-19H2,1-3H3. The summed E-state index contributed by atoms with van der Waals surface area (Å²) in [5.41, 5.74) is 3.15. The van der Waals surface area contributed by atoms with Crippen LogP contribution in [0.25, 0.3) is 0 Å². The molecule has 0 bridgehead atoms. The molecule has 208 valence electrons. The summed E-state index contributed by atoms with van der Waals surface area (Å²) < 4.78 is 16.4. The fourth-order valence-corrected chi connectivity index (χ4v) is 4.86. The lowest BCUT2D eigenvalue weighted by atomic mass is 9.98. The summed E-state index contributed by atoms with van der Waals surface area (Å²) in [5.74, 6) is 0.104. The number of rotatable bonds is 10. The summed E-state index contributed by atoms with van der Waals surface area (Å²) in [6, 6.07) is 10.7. The van der Waals surface area contributed by atoms with Crippen LogP contribution in [-0.2, 0) is 19.1 Å². The monoisotopic (exact) mass is 536 g/mol. The van der Waals surface area contributed by atoms with Crippen LogP contribution in [0.15, 0.2) is 36.4 Å². The molecule has 4 rings (SSSR count). The quantitative estimate of drug-likeness (QED) is 0.336. The first-order valence-electron chi connectivity index (χ1n) is 13.5. The van der Waals surface area contributed by atoms with Gasteiger partial charge in [0.1, 0.15) is 11.5 Å². The van der Waals surface area contributed by atoms with E-state index in [0.29, 0.717) is 55.4 Å². The second kappa shape index (κ2) is 12.8. The number of piperidine rings is 1. The molecule has 2 aliphatic rings. The largest absolute Gasteiger partial charge is 0.485 e. The van der Waals surface area contributed by atoms with Gasteiger partial charge in [-0.25, -0.2) is 0 Å². The summed E-state index contributed by atoms with van der Waals surface area (Å²) in [5, 5.41) is 0. The number of aryl methyl sites for hydroxylation is 2. The first kappa shape index (κ1) is 28.1. The van der Waals surface area contributed by atoms with E-state index in [1.165, 1.54) is 0 Å². The number of ether oxygens (including phenoxy) is 3. The number of nitrogens with zero attached hydrogens (tertiary/aromatic N) is 2. The zero-order chi connectivity index (χ0) is 27.9. The summed E-state index contributed by atoms with van der Waals surface area (Å²) in [7, 11) is 0. The van der Waals surface area contributed by atoms with Crippen LogP contribution in [0.2, 0.25) is 0 Å². The lowest BCUT2D eigenvalue weighted by molar-refractivity contribution is -0.151. The molecular weight excluding hydrogens is 500 g/mol. The van der Waals surface area contributed by atoms with Gasteiger partial charge in [0.2, 0.25) is 5.91 Å². The van der Waals surface area contributed by atoms with E-state index in [9.17, 15) is 19.2 Å². The summed E-state index contributed by atoms with van der Waals surface area (Å²) in [6.45, 7) is 7.16. The number of anilines is 1. The lowest BCUT2D eigenvalue weighted by Crippen LogP contribution is -2.43. The molecule has 39 heavy (non-hydrogen) atoms. The Labute approximate surface area is 229 Å². The molecule has 0 radical (unpaired) electrons. The number of carbonyl (C=O) groups excluding carboxylic acids is 4. The zero-order valence-electron chi connectivity index (χ0n) is 22.9. The van der Waals surface area contributed by atoms with E-state index in [1.54, 1.807) is 34.9 Å². The van der Waals surface area contributed by atoms with E-state index in [2.05, 4.69) is 0 Å². The van der Waals surface area contributed by atoms with Crippen molar-refractivity contribution in [3.05, 3.63) is 53.1 Å². The van der Waals surface area contributed by atoms with Crippen molar-refractivity contribution in [3.8, 4) is 11.5 Å². The maximum atomic E-state index is 12.9. The van der Waals surface area contributed by atoms with Gasteiger partial charge in [-0.1, -0.05) is 6.07 Å². The average molecular weight is 537 g/mol. The molecule has 1 fully saturated rings. The lowest BCUT2D eigenvalue weighted by Gasteiger charge is -2.32. The van der Waals surface area contributed by atoms with E-state index < -0.39 is 0 Å². The molecule has 2 aliphatic heterocycles. The van der Waals surface area contributed by atoms with Gasteiger partial charge >= 0.3 is 5.97 Å². The molecule has 2 amide bonds. The Hall–Kier alpha value is -3.88. The first-order valence-corrected chi connectivity index (χ1v) is 13.5. The summed E-state index contributed by atoms with van der Waals surface area (Å²) >= 11 is 0. The number of hydrogen-bond acceptors (Lipinski definition) is 7. The molecule has 2 aromatic carbocycles. The van der Waals surface area contributed by atoms with Gasteiger partial charge in [-0.15, -0.1) is 0 Å². The van der Waals surface area contributed by atoms with Crippen LogP contribution in [0.1, 0.15) is 54.1 Å². The van der Waals surface area contributed by atoms with Crippen LogP contribution >= 0.6 is 0 Å². The Morgan fingerprint density at radius 3 is 2.67 bits per heavy atom. The van der Waals surface area contributed by atoms with E-state index in [0.717, 1.165) is 24.0 Å². The SMILES string of the molecule is CCOC(=O)C1CCCN(C(=O)CCCN2C(=O)COc3ccc(C(=O)COc4ccc(C)c(C)c4)cc32)C1. The molecule has 0 spiro atoms. The van der Waals surface area contributed by atoms with Crippen molar-refractivity contribution >= 4 is 29.3 Å². The molecule has 1 saturated heterocycles. The van der Waals surface area contributed by atoms with Crippen LogP contribution < -0.4 is 14.4 Å². The average Bonchev–Trinajstić information content (AvgIpc) is 2.94. The highest BCUT2D eigenvalue weighted by Gasteiger charge is 2.30. The number of amides is 2. The topological polar surface area (TPSA) is 102 Å². The minimum absolute atomic E-state index is 0.0441. The third kappa shape index (κ3) is 6.96. The van der Waals surface area contributed by atoms with E-state index in [4.69, 9.17) is 14.2 Å². The summed E-state index contributed by atoms with van der Waals surface area (Å²) in [4.78, 5) is 53.8. The van der Waals surface area contributed by atoms with Gasteiger partial charge in [0, 0.05) is 31.6 Å². The van der Waals surface area contributed by atoms with Crippen LogP contribution in [0.5, 0.6) is 11.5 Å². The van der Waals surface area contributed by atoms with Crippen molar-refractivity contribution in [1.82, 2.24) is 4.90 Å². The first-order chi connectivity index (χ1) is 18.8. The Kier molecular flexibility index (Phi) is 9.22. The molecule has 9 nitrogen and oxygen atoms in total. The number of carbonyl (C=O) groups is 4. The normalized spacial score (nSPS) is 16.8. The molecule has 0 aliphatic carbocycles. The molecule has 2 aromatic rings. The number of benzene rings is 2. The molecule has 2 heterocycles. The number of fused-ring (bicyclic) bond motifs is 1. The molecule has 1 unspecified atom stereocenters. The number of hydrogen-bond donors (Lipinski definition) is 0. The van der Waals surface area contributed by atoms with Crippen molar-refractivity contribution in [2.45, 2.75) is 46.5 Å². The molecule has 9 heteroatoms. The van der Waals surface area contributed by atoms with Crippen molar-refractivity contribution < 1.29 is 33.4 Å². The van der Waals surface area contributed by atoms with Crippen molar-refractivity contribution in [3.63, 3.8) is 0 Å². The fourth-order valence-electron chi connectivity index (χ4n) is 4.86. The van der Waals surface area contributed by atoms with Gasteiger partial charge < -0.3 is 24.0 Å². The van der Waals surface area contributed by atoms with Crippen molar-refractivity contribution in [2.75, 3.05) is 44.4 Å². The third-order valence-electron chi connectivity index (χ3n) is 7.24. The van der Waals surface area contributed by atoms with E-state index >= 15 is 0 Å². The maximum absolute atomic E-state index is 12.9. The second-order valence-corrected chi connectivity index (χ2v) is 10.0. The molecule has 1 atom stereocenters. The molecule has 0 aromatic heterocycles. The highest BCUT2D eigenvalue weighted by atomic mass is 16.5. The van der Waals surface area contributed by atoms with Crippen LogP contribution in [0, 0.1) is 19.8 Å². The van der Waals surface area contributed by atoms with Crippen molar-refractivity contribution in [1.29, 1.82) is 0 Å². The van der Waals surface area contributed by atoms with Gasteiger partial charge in [-0.2, -0.15) is 0 Å². The van der Waals surface area contributed by atoms with Crippen LogP contribution in [0.3, 0.4) is 0 Å². The van der Waals surface area contributed by atoms with E-state index in [1.807, 2.05) is 32.0 Å². The van der Waals surface area contributed by atoms with Gasteiger partial charge in [-0.05, 0) is 81.5 Å². The summed E-state index contributed by atoms with van der Waals surface area (Å²) in [6.07, 6.45) is 2.17. The Morgan fingerprint density at radius 1 is 1.08 bits per heavy atom. The Bertz CT molecular complexity index is 1240. The molecule has 0 N–H and O–H groups in total. The van der Waals surface area contributed by atoms with Gasteiger partial charge in [-0.3, -0.25) is 19.2 Å². The third-order valence-corrected chi connectivity index (χ3v) is 7.24. The highest BCUT2D eigenvalue weighted by Crippen LogP contribution is 2.33. The maximum Gasteiger partial charge on any atom is 0.310 e. The smallest absolute Gasteiger partial charge is 0.310 e. The predicted octanol–water partition coefficient (Wildman–Crippen LogP) is 3.87. The molecule has 0 saturated carbocycles. The van der Waals surface area contributed by atoms with E-state index in [-0.39, 0.29) is 49.1 Å². The zero-order valence-corrected chi connectivity index (χ0v) is 22.9. The van der Waals surface area contributed by atoms with Crippen molar-refractivity contribution in [2.24, 2.45) is 5.92 Å². The highest BCUT2D eigenvalue weighted by molar-refractivity contribution is 6.02. The number of likely N-dealkylation sites (tertiary alicyclic amines) is 1. The number of esters is 1. The Morgan fingerprint density at radius 2 is 1.90 bits per heavy atom. The van der Waals surface area contributed by atoms with Gasteiger partial charge in [0.25, 0.3) is 5.91 Å². The Balaban J connectivity index is 1.35. The second-order valence-electron chi connectivity index (χ2n) is 10.0. The van der Waals surface area contributed by atoms with Crippen LogP contribution in [-0.4, -0.2) is 67.9 Å². The van der Waals surface area contributed by atoms with Gasteiger partial charge in [0.05, 0.1) is 18.2 Å². The number of Topliss-reactive ketones (excluding diaryl/α,β-unsaturated/α-hetero) is 1. The minimum Gasteiger partial charge on any atom is -0.485 e. The predicted molar refractivity (Wildman–Crippen MR) is 145 cm³/mol. The fraction of sp³-hybridized carbons (Fsp3) is 0.467. The number of ketones is 1. The van der Waals surface area contributed by atoms with Crippen LogP contribution in [0.4, 0.5) is 5.69 Å². The minimum atomic E-state index is -0.287.